The lowest BCUT2D eigenvalue weighted by atomic mass is 10.5. The quantitative estimate of drug-likeness (QED) is 0.536. The highest BCUT2D eigenvalue weighted by Crippen LogP contribution is 1.90. The number of carbonyl (C=O) groups excluding carboxylic acids is 1. The number of rotatable bonds is 3. The van der Waals surface area contributed by atoms with Gasteiger partial charge in [0, 0.05) is 19.7 Å². The first-order chi connectivity index (χ1) is 6.24. The molecular formula is C8H12N4O. The lowest BCUT2D eigenvalue weighted by molar-refractivity contribution is -0.120. The first kappa shape index (κ1) is 9.44. The SMILES string of the molecule is CCC(=O)N/N=C/c1ccnn1C. The highest BCUT2D eigenvalue weighted by molar-refractivity contribution is 5.80. The van der Waals surface area contributed by atoms with Gasteiger partial charge in [0.2, 0.25) is 5.91 Å². The van der Waals surface area contributed by atoms with Crippen LogP contribution in [0.4, 0.5) is 0 Å². The van der Waals surface area contributed by atoms with E-state index in [2.05, 4.69) is 15.6 Å². The third kappa shape index (κ3) is 2.70. The number of aryl methyl sites for hydroxylation is 1. The molecule has 1 amide bonds. The number of nitrogens with zero attached hydrogens (tertiary/aromatic N) is 3. The van der Waals surface area contributed by atoms with Gasteiger partial charge in [-0.3, -0.25) is 9.48 Å². The molecule has 1 aromatic rings. The van der Waals surface area contributed by atoms with Crippen LogP contribution in [0.5, 0.6) is 0 Å². The van der Waals surface area contributed by atoms with E-state index in [9.17, 15) is 4.79 Å². The molecule has 0 bridgehead atoms. The third-order valence-corrected chi connectivity index (χ3v) is 1.57. The Morgan fingerprint density at radius 3 is 3.15 bits per heavy atom. The summed E-state index contributed by atoms with van der Waals surface area (Å²) in [5, 5.41) is 7.71. The molecule has 0 spiro atoms. The Bertz CT molecular complexity index is 316. The van der Waals surface area contributed by atoms with Crippen LogP contribution in [0.15, 0.2) is 17.4 Å². The van der Waals surface area contributed by atoms with E-state index in [1.165, 1.54) is 0 Å². The lowest BCUT2D eigenvalue weighted by Gasteiger charge is -1.94. The van der Waals surface area contributed by atoms with Crippen LogP contribution in [0.1, 0.15) is 19.0 Å². The van der Waals surface area contributed by atoms with E-state index < -0.39 is 0 Å². The van der Waals surface area contributed by atoms with Crippen molar-refractivity contribution in [3.8, 4) is 0 Å². The van der Waals surface area contributed by atoms with E-state index in [0.717, 1.165) is 5.69 Å². The van der Waals surface area contributed by atoms with Crippen molar-refractivity contribution < 1.29 is 4.79 Å². The van der Waals surface area contributed by atoms with Crippen LogP contribution in [-0.4, -0.2) is 21.9 Å². The normalized spacial score (nSPS) is 10.6. The second-order valence-electron chi connectivity index (χ2n) is 2.53. The highest BCUT2D eigenvalue weighted by Gasteiger charge is 1.94. The van der Waals surface area contributed by atoms with Gasteiger partial charge >= 0.3 is 0 Å². The molecule has 5 nitrogen and oxygen atoms in total. The fraction of sp³-hybridized carbons (Fsp3) is 0.375. The topological polar surface area (TPSA) is 59.3 Å². The molecular weight excluding hydrogens is 168 g/mol. The minimum Gasteiger partial charge on any atom is -0.273 e. The molecule has 0 saturated heterocycles. The van der Waals surface area contributed by atoms with Crippen molar-refractivity contribution in [2.75, 3.05) is 0 Å². The smallest absolute Gasteiger partial charge is 0.239 e. The summed E-state index contributed by atoms with van der Waals surface area (Å²) in [6.07, 6.45) is 3.66. The molecule has 0 atom stereocenters. The standard InChI is InChI=1S/C8H12N4O/c1-3-8(13)11-9-6-7-4-5-10-12(7)2/h4-6H,3H2,1-2H3,(H,11,13)/b9-6+. The fourth-order valence-electron chi connectivity index (χ4n) is 0.760. The van der Waals surface area contributed by atoms with Gasteiger partial charge in [0.05, 0.1) is 11.9 Å². The van der Waals surface area contributed by atoms with E-state index in [4.69, 9.17) is 0 Å². The zero-order valence-corrected chi connectivity index (χ0v) is 7.69. The van der Waals surface area contributed by atoms with E-state index in [1.54, 1.807) is 24.0 Å². The third-order valence-electron chi connectivity index (χ3n) is 1.57. The molecule has 1 N–H and O–H groups in total. The molecule has 1 aromatic heterocycles. The van der Waals surface area contributed by atoms with Gasteiger partial charge in [0.25, 0.3) is 0 Å². The Morgan fingerprint density at radius 2 is 2.62 bits per heavy atom. The van der Waals surface area contributed by atoms with Gasteiger partial charge in [0.15, 0.2) is 0 Å². The summed E-state index contributed by atoms with van der Waals surface area (Å²) in [5.41, 5.74) is 3.23. The number of hydrazone groups is 1. The summed E-state index contributed by atoms with van der Waals surface area (Å²) in [6, 6.07) is 1.81. The number of hydrogen-bond acceptors (Lipinski definition) is 3. The Hall–Kier alpha value is -1.65. The highest BCUT2D eigenvalue weighted by atomic mass is 16.2. The summed E-state index contributed by atoms with van der Waals surface area (Å²) in [4.78, 5) is 10.8. The summed E-state index contributed by atoms with van der Waals surface area (Å²) in [6.45, 7) is 1.77. The Balaban J connectivity index is 2.50. The first-order valence-electron chi connectivity index (χ1n) is 4.04. The van der Waals surface area contributed by atoms with Crippen LogP contribution in [0, 0.1) is 0 Å². The van der Waals surface area contributed by atoms with Crippen LogP contribution >= 0.6 is 0 Å². The van der Waals surface area contributed by atoms with Crippen molar-refractivity contribution in [2.24, 2.45) is 12.1 Å². The molecule has 13 heavy (non-hydrogen) atoms. The minimum absolute atomic E-state index is 0.0987. The summed E-state index contributed by atoms with van der Waals surface area (Å²) >= 11 is 0. The van der Waals surface area contributed by atoms with E-state index >= 15 is 0 Å². The molecule has 0 saturated carbocycles. The number of amides is 1. The van der Waals surface area contributed by atoms with Gasteiger partial charge in [0.1, 0.15) is 0 Å². The van der Waals surface area contributed by atoms with Crippen LogP contribution in [-0.2, 0) is 11.8 Å². The molecule has 0 aliphatic rings. The maximum atomic E-state index is 10.8. The van der Waals surface area contributed by atoms with Crippen LogP contribution < -0.4 is 5.43 Å². The molecule has 0 aromatic carbocycles. The van der Waals surface area contributed by atoms with Crippen LogP contribution in [0.25, 0.3) is 0 Å². The van der Waals surface area contributed by atoms with Gasteiger partial charge in [-0.1, -0.05) is 6.92 Å². The molecule has 1 heterocycles. The van der Waals surface area contributed by atoms with E-state index in [0.29, 0.717) is 6.42 Å². The maximum absolute atomic E-state index is 10.8. The average molecular weight is 180 g/mol. The maximum Gasteiger partial charge on any atom is 0.239 e. The second-order valence-corrected chi connectivity index (χ2v) is 2.53. The summed E-state index contributed by atoms with van der Waals surface area (Å²) in [7, 11) is 1.81. The molecule has 0 aliphatic carbocycles. The molecule has 0 unspecified atom stereocenters. The Kier molecular flexibility index (Phi) is 3.19. The fourth-order valence-corrected chi connectivity index (χ4v) is 0.760. The van der Waals surface area contributed by atoms with Crippen LogP contribution in [0.3, 0.4) is 0 Å². The van der Waals surface area contributed by atoms with Gasteiger partial charge < -0.3 is 0 Å². The predicted molar refractivity (Wildman–Crippen MR) is 49.2 cm³/mol. The second kappa shape index (κ2) is 4.39. The average Bonchev–Trinajstić information content (AvgIpc) is 2.52. The number of hydrogen-bond donors (Lipinski definition) is 1. The lowest BCUT2D eigenvalue weighted by Crippen LogP contribution is -2.15. The number of aromatic nitrogens is 2. The first-order valence-corrected chi connectivity index (χ1v) is 4.04. The molecule has 0 fully saturated rings. The summed E-state index contributed by atoms with van der Waals surface area (Å²) in [5.74, 6) is -0.0987. The van der Waals surface area contributed by atoms with E-state index in [1.807, 2.05) is 13.1 Å². The minimum atomic E-state index is -0.0987. The van der Waals surface area contributed by atoms with Gasteiger partial charge in [-0.2, -0.15) is 10.2 Å². The monoisotopic (exact) mass is 180 g/mol. The van der Waals surface area contributed by atoms with Gasteiger partial charge in [-0.25, -0.2) is 5.43 Å². The number of carbonyl (C=O) groups is 1. The van der Waals surface area contributed by atoms with Crippen molar-refractivity contribution in [1.82, 2.24) is 15.2 Å². The van der Waals surface area contributed by atoms with Gasteiger partial charge in [-0.05, 0) is 6.07 Å². The van der Waals surface area contributed by atoms with Crippen molar-refractivity contribution in [2.45, 2.75) is 13.3 Å². The zero-order chi connectivity index (χ0) is 9.68. The Morgan fingerprint density at radius 1 is 1.85 bits per heavy atom. The molecule has 0 radical (unpaired) electrons. The largest absolute Gasteiger partial charge is 0.273 e. The van der Waals surface area contributed by atoms with Crippen molar-refractivity contribution >= 4 is 12.1 Å². The van der Waals surface area contributed by atoms with Gasteiger partial charge in [-0.15, -0.1) is 0 Å². The molecule has 1 rings (SSSR count). The molecule has 0 aliphatic heterocycles. The molecule has 70 valence electrons. The number of nitrogens with one attached hydrogen (secondary N) is 1. The molecule has 5 heteroatoms. The van der Waals surface area contributed by atoms with Crippen LogP contribution in [0.2, 0.25) is 0 Å². The van der Waals surface area contributed by atoms with Crippen molar-refractivity contribution in [3.63, 3.8) is 0 Å². The zero-order valence-electron chi connectivity index (χ0n) is 7.69. The predicted octanol–water partition coefficient (Wildman–Crippen LogP) is 0.280. The Labute approximate surface area is 76.4 Å². The van der Waals surface area contributed by atoms with Crippen molar-refractivity contribution in [3.05, 3.63) is 18.0 Å². The van der Waals surface area contributed by atoms with Crippen molar-refractivity contribution in [1.29, 1.82) is 0 Å². The van der Waals surface area contributed by atoms with E-state index in [-0.39, 0.29) is 5.91 Å². The summed E-state index contributed by atoms with van der Waals surface area (Å²) < 4.78 is 1.67.